The number of ether oxygens (including phenoxy) is 2. The van der Waals surface area contributed by atoms with Gasteiger partial charge in [-0.15, -0.1) is 0 Å². The minimum absolute atomic E-state index is 0.153. The minimum Gasteiger partial charge on any atom is -0.465 e. The van der Waals surface area contributed by atoms with Crippen molar-refractivity contribution in [3.8, 4) is 17.3 Å². The molecule has 21 heavy (non-hydrogen) atoms. The number of benzene rings is 1. The third kappa shape index (κ3) is 3.78. The van der Waals surface area contributed by atoms with Gasteiger partial charge >= 0.3 is 5.97 Å². The monoisotopic (exact) mass is 286 g/mol. The van der Waals surface area contributed by atoms with Gasteiger partial charge in [-0.1, -0.05) is 30.3 Å². The van der Waals surface area contributed by atoms with Gasteiger partial charge in [-0.25, -0.2) is 9.78 Å². The molecule has 0 saturated carbocycles. The van der Waals surface area contributed by atoms with Crippen molar-refractivity contribution in [3.05, 3.63) is 41.6 Å². The Bertz CT molecular complexity index is 627. The fourth-order valence-corrected chi connectivity index (χ4v) is 1.79. The highest BCUT2D eigenvalue weighted by molar-refractivity contribution is 5.71. The Labute approximate surface area is 124 Å². The molecule has 5 nitrogen and oxygen atoms in total. The van der Waals surface area contributed by atoms with Crippen LogP contribution in [0.2, 0.25) is 0 Å². The lowest BCUT2D eigenvalue weighted by Crippen LogP contribution is -2.16. The molecule has 2 aromatic rings. The number of nitrogens with zero attached hydrogens (tertiary/aromatic N) is 2. The molecule has 0 N–H and O–H groups in total. The normalized spacial score (nSPS) is 10.2. The van der Waals surface area contributed by atoms with E-state index in [2.05, 4.69) is 9.97 Å². The molecule has 110 valence electrons. The Morgan fingerprint density at radius 3 is 2.52 bits per heavy atom. The van der Waals surface area contributed by atoms with E-state index in [0.717, 1.165) is 16.8 Å². The van der Waals surface area contributed by atoms with Crippen LogP contribution in [-0.4, -0.2) is 29.2 Å². The van der Waals surface area contributed by atoms with Gasteiger partial charge in [0.25, 0.3) is 0 Å². The lowest BCUT2D eigenvalue weighted by atomic mass is 10.2. The first-order valence-corrected chi connectivity index (χ1v) is 6.81. The molecule has 0 fully saturated rings. The third-order valence-corrected chi connectivity index (χ3v) is 3.01. The average Bonchev–Trinajstić information content (AvgIpc) is 2.50. The molecule has 0 atom stereocenters. The van der Waals surface area contributed by atoms with Gasteiger partial charge in [0.2, 0.25) is 5.88 Å². The summed E-state index contributed by atoms with van der Waals surface area (Å²) in [6.45, 7) is 5.69. The van der Waals surface area contributed by atoms with E-state index in [0.29, 0.717) is 18.3 Å². The predicted molar refractivity (Wildman–Crippen MR) is 79.1 cm³/mol. The van der Waals surface area contributed by atoms with E-state index in [-0.39, 0.29) is 6.61 Å². The highest BCUT2D eigenvalue weighted by Crippen LogP contribution is 2.23. The highest BCUT2D eigenvalue weighted by atomic mass is 16.6. The van der Waals surface area contributed by atoms with Gasteiger partial charge in [0, 0.05) is 16.8 Å². The summed E-state index contributed by atoms with van der Waals surface area (Å²) in [6.07, 6.45) is 0. The Hall–Kier alpha value is -2.43. The molecule has 0 spiro atoms. The van der Waals surface area contributed by atoms with E-state index in [1.54, 1.807) is 6.92 Å². The van der Waals surface area contributed by atoms with Crippen molar-refractivity contribution < 1.29 is 14.3 Å². The number of aryl methyl sites for hydroxylation is 1. The molecule has 1 aromatic carbocycles. The number of hydrogen-bond donors (Lipinski definition) is 0. The van der Waals surface area contributed by atoms with Gasteiger partial charge in [-0.2, -0.15) is 4.98 Å². The average molecular weight is 286 g/mol. The maximum Gasteiger partial charge on any atom is 0.344 e. The van der Waals surface area contributed by atoms with Gasteiger partial charge in [-0.3, -0.25) is 0 Å². The van der Waals surface area contributed by atoms with Crippen molar-refractivity contribution in [2.24, 2.45) is 0 Å². The maximum absolute atomic E-state index is 11.4. The molecule has 1 heterocycles. The summed E-state index contributed by atoms with van der Waals surface area (Å²) in [5.74, 6) is 0.585. The minimum atomic E-state index is -0.408. The second-order valence-electron chi connectivity index (χ2n) is 4.52. The van der Waals surface area contributed by atoms with Crippen LogP contribution in [0.15, 0.2) is 30.3 Å². The van der Waals surface area contributed by atoms with Crippen LogP contribution in [0.5, 0.6) is 5.88 Å². The number of rotatable bonds is 5. The molecule has 0 saturated heterocycles. The summed E-state index contributed by atoms with van der Waals surface area (Å²) in [4.78, 5) is 20.2. The number of hydrogen-bond acceptors (Lipinski definition) is 5. The molecule has 5 heteroatoms. The molecular weight excluding hydrogens is 268 g/mol. The fourth-order valence-electron chi connectivity index (χ4n) is 1.79. The Morgan fingerprint density at radius 1 is 1.14 bits per heavy atom. The van der Waals surface area contributed by atoms with Gasteiger partial charge in [0.15, 0.2) is 12.4 Å². The zero-order valence-electron chi connectivity index (χ0n) is 12.4. The van der Waals surface area contributed by atoms with E-state index >= 15 is 0 Å². The van der Waals surface area contributed by atoms with Crippen molar-refractivity contribution in [1.29, 1.82) is 0 Å². The molecule has 0 amide bonds. The van der Waals surface area contributed by atoms with Crippen molar-refractivity contribution in [1.82, 2.24) is 9.97 Å². The van der Waals surface area contributed by atoms with Crippen molar-refractivity contribution >= 4 is 5.97 Å². The second kappa shape index (κ2) is 6.83. The summed E-state index contributed by atoms with van der Waals surface area (Å²) in [5, 5.41) is 0. The summed E-state index contributed by atoms with van der Waals surface area (Å²) >= 11 is 0. The molecule has 0 aliphatic rings. The summed E-state index contributed by atoms with van der Waals surface area (Å²) in [6, 6.07) is 9.64. The standard InChI is InChI=1S/C16H18N2O3/c1-4-20-14(19)10-21-16-11(2)12(3)17-15(18-16)13-8-6-5-7-9-13/h5-9H,4,10H2,1-3H3. The van der Waals surface area contributed by atoms with Crippen molar-refractivity contribution in [2.75, 3.05) is 13.2 Å². The molecule has 0 aliphatic heterocycles. The summed E-state index contributed by atoms with van der Waals surface area (Å²) in [5.41, 5.74) is 2.54. The summed E-state index contributed by atoms with van der Waals surface area (Å²) in [7, 11) is 0. The van der Waals surface area contributed by atoms with Gasteiger partial charge in [-0.05, 0) is 20.8 Å². The SMILES string of the molecule is CCOC(=O)COc1nc(-c2ccccc2)nc(C)c1C. The third-order valence-electron chi connectivity index (χ3n) is 3.01. The second-order valence-corrected chi connectivity index (χ2v) is 4.52. The zero-order chi connectivity index (χ0) is 15.2. The number of carbonyl (C=O) groups excluding carboxylic acids is 1. The van der Waals surface area contributed by atoms with Gasteiger partial charge in [0.05, 0.1) is 6.61 Å². The molecular formula is C16H18N2O3. The van der Waals surface area contributed by atoms with Crippen LogP contribution in [0, 0.1) is 13.8 Å². The first kappa shape index (κ1) is 15.0. The Kier molecular flexibility index (Phi) is 4.87. The van der Waals surface area contributed by atoms with Gasteiger partial charge < -0.3 is 9.47 Å². The fraction of sp³-hybridized carbons (Fsp3) is 0.312. The van der Waals surface area contributed by atoms with Crippen LogP contribution in [0.25, 0.3) is 11.4 Å². The topological polar surface area (TPSA) is 61.3 Å². The first-order chi connectivity index (χ1) is 10.1. The molecule has 0 radical (unpaired) electrons. The lowest BCUT2D eigenvalue weighted by molar-refractivity contribution is -0.145. The van der Waals surface area contributed by atoms with Gasteiger partial charge in [0.1, 0.15) is 0 Å². The zero-order valence-corrected chi connectivity index (χ0v) is 12.4. The molecule has 0 bridgehead atoms. The van der Waals surface area contributed by atoms with E-state index in [1.165, 1.54) is 0 Å². The van der Waals surface area contributed by atoms with Crippen LogP contribution in [0.4, 0.5) is 0 Å². The summed E-state index contributed by atoms with van der Waals surface area (Å²) < 4.78 is 10.3. The molecule has 2 rings (SSSR count). The smallest absolute Gasteiger partial charge is 0.344 e. The van der Waals surface area contributed by atoms with E-state index in [1.807, 2.05) is 44.2 Å². The van der Waals surface area contributed by atoms with Crippen molar-refractivity contribution in [2.45, 2.75) is 20.8 Å². The Balaban J connectivity index is 2.25. The van der Waals surface area contributed by atoms with Crippen LogP contribution >= 0.6 is 0 Å². The van der Waals surface area contributed by atoms with Crippen LogP contribution < -0.4 is 4.74 Å². The van der Waals surface area contributed by atoms with Crippen LogP contribution in [-0.2, 0) is 9.53 Å². The quantitative estimate of drug-likeness (QED) is 0.791. The van der Waals surface area contributed by atoms with Crippen molar-refractivity contribution in [3.63, 3.8) is 0 Å². The van der Waals surface area contributed by atoms with Crippen LogP contribution in [0.1, 0.15) is 18.2 Å². The number of aromatic nitrogens is 2. The molecule has 1 aromatic heterocycles. The molecule has 0 aliphatic carbocycles. The largest absolute Gasteiger partial charge is 0.465 e. The maximum atomic E-state index is 11.4. The highest BCUT2D eigenvalue weighted by Gasteiger charge is 2.12. The van der Waals surface area contributed by atoms with Crippen LogP contribution in [0.3, 0.4) is 0 Å². The predicted octanol–water partition coefficient (Wildman–Crippen LogP) is 2.70. The number of esters is 1. The Morgan fingerprint density at radius 2 is 1.86 bits per heavy atom. The van der Waals surface area contributed by atoms with E-state index in [4.69, 9.17) is 9.47 Å². The first-order valence-electron chi connectivity index (χ1n) is 6.81. The van der Waals surface area contributed by atoms with E-state index < -0.39 is 5.97 Å². The number of carbonyl (C=O) groups is 1. The van der Waals surface area contributed by atoms with E-state index in [9.17, 15) is 4.79 Å². The lowest BCUT2D eigenvalue weighted by Gasteiger charge is -2.11. The molecule has 0 unspecified atom stereocenters.